The maximum Gasteiger partial charge on any atom is 0.461 e. The second-order valence-corrected chi connectivity index (χ2v) is 9.55. The van der Waals surface area contributed by atoms with Gasteiger partial charge in [0.15, 0.2) is 0 Å². The van der Waals surface area contributed by atoms with Crippen molar-refractivity contribution in [3.05, 3.63) is 93.3 Å². The highest BCUT2D eigenvalue weighted by Gasteiger charge is 2.44. The van der Waals surface area contributed by atoms with Crippen LogP contribution in [0.4, 0.5) is 22.4 Å². The van der Waals surface area contributed by atoms with Crippen LogP contribution in [0.15, 0.2) is 72.9 Å². The summed E-state index contributed by atoms with van der Waals surface area (Å²) in [6.07, 6.45) is -6.55. The van der Waals surface area contributed by atoms with Crippen molar-refractivity contribution < 1.29 is 32.2 Å². The van der Waals surface area contributed by atoms with Crippen LogP contribution in [0.1, 0.15) is 30.2 Å². The number of amides is 2. The van der Waals surface area contributed by atoms with E-state index >= 15 is 0 Å². The minimum atomic E-state index is -4.71. The number of carbonyl (C=O) groups excluding carboxylic acids is 1. The molecule has 2 amide bonds. The summed E-state index contributed by atoms with van der Waals surface area (Å²) in [4.78, 5) is 17.7. The zero-order chi connectivity index (χ0) is 27.1. The Balaban J connectivity index is 2.18. The quantitative estimate of drug-likeness (QED) is 0.194. The van der Waals surface area contributed by atoms with E-state index in [2.05, 4.69) is 42.9 Å². The lowest BCUT2D eigenvalue weighted by molar-refractivity contribution is -0.253. The number of nitrogens with one attached hydrogen (secondary N) is 2. The zero-order valence-corrected chi connectivity index (χ0v) is 22.0. The average Bonchev–Trinajstić information content (AvgIpc) is 2.87. The molecule has 11 heteroatoms. The number of carbonyl (C=O) groups is 1. The maximum atomic E-state index is 13.7. The van der Waals surface area contributed by atoms with Crippen molar-refractivity contribution in [3.8, 4) is 5.75 Å². The third-order valence-corrected chi connectivity index (χ3v) is 6.33. The van der Waals surface area contributed by atoms with Gasteiger partial charge >= 0.3 is 18.6 Å². The molecule has 0 spiro atoms. The molecule has 0 aliphatic heterocycles. The first-order valence-corrected chi connectivity index (χ1v) is 12.5. The minimum Gasteiger partial charge on any atom is -0.428 e. The van der Waals surface area contributed by atoms with Crippen LogP contribution in [0, 0.1) is 3.57 Å². The fourth-order valence-corrected chi connectivity index (χ4v) is 4.09. The molecule has 2 atom stereocenters. The van der Waals surface area contributed by atoms with Gasteiger partial charge in [0.25, 0.3) is 0 Å². The summed E-state index contributed by atoms with van der Waals surface area (Å²) in [6.45, 7) is 1.51. The molecule has 0 aliphatic carbocycles. The van der Waals surface area contributed by atoms with Crippen LogP contribution in [-0.4, -0.2) is 41.3 Å². The number of nitrogens with zero attached hydrogens (tertiary/aromatic N) is 1. The largest absolute Gasteiger partial charge is 0.461 e. The number of aromatic nitrogens is 1. The summed E-state index contributed by atoms with van der Waals surface area (Å²) in [5.74, 6) is -0.505. The number of hydrogen-bond acceptors (Lipinski definition) is 4. The van der Waals surface area contributed by atoms with E-state index < -0.39 is 35.9 Å². The number of halogens is 5. The molecule has 37 heavy (non-hydrogen) atoms. The number of benzene rings is 2. The molecule has 1 aromatic heterocycles. The van der Waals surface area contributed by atoms with Crippen molar-refractivity contribution in [1.82, 2.24) is 15.6 Å². The number of pyridine rings is 1. The van der Waals surface area contributed by atoms with Gasteiger partial charge in [-0.3, -0.25) is 4.98 Å². The van der Waals surface area contributed by atoms with Crippen LogP contribution >= 0.6 is 22.6 Å². The molecule has 0 unspecified atom stereocenters. The van der Waals surface area contributed by atoms with E-state index in [1.54, 1.807) is 31.3 Å². The Hall–Kier alpha value is -2.93. The van der Waals surface area contributed by atoms with Gasteiger partial charge in [-0.25, -0.2) is 4.79 Å². The monoisotopic (exact) mass is 631 g/mol. The second-order valence-electron chi connectivity index (χ2n) is 8.31. The highest BCUT2D eigenvalue weighted by Crippen LogP contribution is 2.36. The number of urea groups is 1. The molecule has 2 aromatic carbocycles. The number of aliphatic hydroxyl groups excluding tert-OH is 1. The third-order valence-electron chi connectivity index (χ3n) is 5.69. The van der Waals surface area contributed by atoms with Crippen molar-refractivity contribution in [2.75, 3.05) is 6.61 Å². The van der Waals surface area contributed by atoms with Gasteiger partial charge in [-0.05, 0) is 64.4 Å². The molecule has 3 N–H and O–H groups in total. The van der Waals surface area contributed by atoms with Gasteiger partial charge in [0.05, 0.1) is 18.3 Å². The van der Waals surface area contributed by atoms with Gasteiger partial charge in [0.1, 0.15) is 11.3 Å². The molecule has 1 heterocycles. The summed E-state index contributed by atoms with van der Waals surface area (Å²) in [5, 5.41) is 15.2. The van der Waals surface area contributed by atoms with Gasteiger partial charge in [-0.2, -0.15) is 17.6 Å². The Morgan fingerprint density at radius 2 is 1.84 bits per heavy atom. The van der Waals surface area contributed by atoms with Crippen molar-refractivity contribution in [1.29, 1.82) is 0 Å². The first-order valence-electron chi connectivity index (χ1n) is 11.4. The number of aliphatic hydroxyl groups is 1. The first kappa shape index (κ1) is 28.6. The highest BCUT2D eigenvalue weighted by molar-refractivity contribution is 14.1. The molecule has 0 saturated heterocycles. The molecule has 3 rings (SSSR count). The van der Waals surface area contributed by atoms with Crippen LogP contribution in [0.25, 0.3) is 0 Å². The van der Waals surface area contributed by atoms with Gasteiger partial charge in [0.2, 0.25) is 0 Å². The number of ether oxygens (including phenoxy) is 1. The lowest BCUT2D eigenvalue weighted by atomic mass is 9.80. The predicted molar refractivity (Wildman–Crippen MR) is 139 cm³/mol. The average molecular weight is 631 g/mol. The highest BCUT2D eigenvalue weighted by atomic mass is 127. The summed E-state index contributed by atoms with van der Waals surface area (Å²) in [6, 6.07) is 16.7. The zero-order valence-electron chi connectivity index (χ0n) is 19.8. The lowest BCUT2D eigenvalue weighted by Gasteiger charge is -2.36. The molecule has 0 fully saturated rings. The Bertz CT molecular complexity index is 1170. The number of rotatable bonds is 11. The van der Waals surface area contributed by atoms with Gasteiger partial charge in [-0.1, -0.05) is 49.4 Å². The van der Waals surface area contributed by atoms with E-state index in [1.807, 2.05) is 30.3 Å². The first-order chi connectivity index (χ1) is 17.6. The SMILES string of the molecule is CC[C@H](CO)NC(=O)N[C@@](Cc1ccccc1)(c1cccc(OC(F)(F)C(F)F)c1)c1ccc(I)cn1. The molecule has 0 aliphatic rings. The second kappa shape index (κ2) is 12.5. The molecule has 0 saturated carbocycles. The standard InChI is InChI=1S/C26H26F4IN3O3/c1-2-20(16-35)33-24(36)34-25(14-17-7-4-3-5-8-17,22-12-11-19(31)15-32-22)18-9-6-10-21(13-18)37-26(29,30)23(27)28/h3-13,15,20,23,35H,2,14,16H2,1H3,(H2,33,34,36)/t20-,25+/m1/s1. The van der Waals surface area contributed by atoms with Crippen LogP contribution in [-0.2, 0) is 12.0 Å². The van der Waals surface area contributed by atoms with E-state index in [1.165, 1.54) is 12.1 Å². The van der Waals surface area contributed by atoms with Gasteiger partial charge in [-0.15, -0.1) is 0 Å². The van der Waals surface area contributed by atoms with Gasteiger partial charge in [0, 0.05) is 16.2 Å². The van der Waals surface area contributed by atoms with E-state index in [0.29, 0.717) is 12.1 Å². The van der Waals surface area contributed by atoms with E-state index in [-0.39, 0.29) is 18.6 Å². The van der Waals surface area contributed by atoms with Crippen molar-refractivity contribution >= 4 is 28.6 Å². The topological polar surface area (TPSA) is 83.5 Å². The van der Waals surface area contributed by atoms with Crippen molar-refractivity contribution in [2.24, 2.45) is 0 Å². The maximum absolute atomic E-state index is 13.7. The summed E-state index contributed by atoms with van der Waals surface area (Å²) in [7, 11) is 0. The summed E-state index contributed by atoms with van der Waals surface area (Å²) < 4.78 is 58.2. The molecular weight excluding hydrogens is 605 g/mol. The molecule has 0 radical (unpaired) electrons. The molecule has 198 valence electrons. The van der Waals surface area contributed by atoms with E-state index in [9.17, 15) is 27.5 Å². The Kier molecular flexibility index (Phi) is 9.71. The number of hydrogen-bond donors (Lipinski definition) is 3. The van der Waals surface area contributed by atoms with Crippen LogP contribution in [0.5, 0.6) is 5.75 Å². The lowest BCUT2D eigenvalue weighted by Crippen LogP contribution is -2.54. The van der Waals surface area contributed by atoms with Crippen LogP contribution < -0.4 is 15.4 Å². The Morgan fingerprint density at radius 1 is 1.11 bits per heavy atom. The van der Waals surface area contributed by atoms with Crippen LogP contribution in [0.2, 0.25) is 0 Å². The number of alkyl halides is 4. The molecule has 0 bridgehead atoms. The molecular formula is C26H26F4IN3O3. The van der Waals surface area contributed by atoms with Crippen molar-refractivity contribution in [2.45, 2.75) is 43.9 Å². The summed E-state index contributed by atoms with van der Waals surface area (Å²) in [5.41, 5.74) is 0.00590. The molecule has 6 nitrogen and oxygen atoms in total. The van der Waals surface area contributed by atoms with Gasteiger partial charge < -0.3 is 20.5 Å². The van der Waals surface area contributed by atoms with E-state index in [4.69, 9.17) is 0 Å². The fraction of sp³-hybridized carbons (Fsp3) is 0.308. The fourth-order valence-electron chi connectivity index (χ4n) is 3.77. The minimum absolute atomic E-state index is 0.138. The molecule has 3 aromatic rings. The predicted octanol–water partition coefficient (Wildman–Crippen LogP) is 5.48. The smallest absolute Gasteiger partial charge is 0.428 e. The van der Waals surface area contributed by atoms with E-state index in [0.717, 1.165) is 15.2 Å². The third kappa shape index (κ3) is 7.31. The Morgan fingerprint density at radius 3 is 2.43 bits per heavy atom. The normalized spacial score (nSPS) is 14.1. The summed E-state index contributed by atoms with van der Waals surface area (Å²) >= 11 is 2.08. The van der Waals surface area contributed by atoms with Crippen molar-refractivity contribution in [3.63, 3.8) is 0 Å². The van der Waals surface area contributed by atoms with Crippen LogP contribution in [0.3, 0.4) is 0 Å². The Labute approximate surface area is 225 Å².